The third-order valence-electron chi connectivity index (χ3n) is 4.66. The van der Waals surface area contributed by atoms with E-state index >= 15 is 0 Å². The second-order valence-corrected chi connectivity index (χ2v) is 9.64. The van der Waals surface area contributed by atoms with Crippen molar-refractivity contribution in [2.24, 2.45) is 0 Å². The summed E-state index contributed by atoms with van der Waals surface area (Å²) >= 11 is 1.58. The smallest absolute Gasteiger partial charge is 0.243 e. The summed E-state index contributed by atoms with van der Waals surface area (Å²) in [4.78, 5) is 15.5. The predicted molar refractivity (Wildman–Crippen MR) is 107 cm³/mol. The van der Waals surface area contributed by atoms with E-state index in [-0.39, 0.29) is 5.91 Å². The lowest BCUT2D eigenvalue weighted by atomic mass is 10.2. The molecule has 2 heterocycles. The highest BCUT2D eigenvalue weighted by Crippen LogP contribution is 2.18. The molecule has 3 rings (SSSR count). The Morgan fingerprint density at radius 3 is 2.44 bits per heavy atom. The quantitative estimate of drug-likeness (QED) is 0.759. The second kappa shape index (κ2) is 8.97. The molecule has 0 atom stereocenters. The van der Waals surface area contributed by atoms with Gasteiger partial charge in [-0.25, -0.2) is 8.42 Å². The Labute approximate surface area is 164 Å². The molecule has 27 heavy (non-hydrogen) atoms. The van der Waals surface area contributed by atoms with Crippen LogP contribution in [0.3, 0.4) is 0 Å². The monoisotopic (exact) mass is 407 g/mol. The van der Waals surface area contributed by atoms with Crippen LogP contribution < -0.4 is 5.32 Å². The normalized spacial score (nSPS) is 16.3. The van der Waals surface area contributed by atoms with Crippen LogP contribution in [0.25, 0.3) is 0 Å². The first-order valence-corrected chi connectivity index (χ1v) is 11.4. The molecule has 0 bridgehead atoms. The van der Waals surface area contributed by atoms with E-state index in [4.69, 9.17) is 0 Å². The third kappa shape index (κ3) is 5.38. The molecule has 1 saturated heterocycles. The van der Waals surface area contributed by atoms with E-state index in [0.717, 1.165) is 17.0 Å². The van der Waals surface area contributed by atoms with Gasteiger partial charge in [0.05, 0.1) is 11.3 Å². The highest BCUT2D eigenvalue weighted by Gasteiger charge is 2.28. The lowest BCUT2D eigenvalue weighted by Crippen LogP contribution is -2.50. The summed E-state index contributed by atoms with van der Waals surface area (Å²) in [6, 6.07) is 10.9. The van der Waals surface area contributed by atoms with Crippen molar-refractivity contribution in [3.63, 3.8) is 0 Å². The fraction of sp³-hybridized carbons (Fsp3) is 0.421. The number of nitrogens with one attached hydrogen (secondary N) is 1. The van der Waals surface area contributed by atoms with Crippen LogP contribution in [0.15, 0.2) is 46.7 Å². The van der Waals surface area contributed by atoms with Crippen molar-refractivity contribution in [2.45, 2.75) is 18.2 Å². The Morgan fingerprint density at radius 1 is 1.11 bits per heavy atom. The molecule has 0 spiro atoms. The second-order valence-electron chi connectivity index (χ2n) is 6.66. The number of hydrogen-bond acceptors (Lipinski definition) is 5. The van der Waals surface area contributed by atoms with Crippen molar-refractivity contribution in [1.29, 1.82) is 0 Å². The first-order valence-electron chi connectivity index (χ1n) is 9.03. The molecule has 146 valence electrons. The van der Waals surface area contributed by atoms with Gasteiger partial charge in [0.1, 0.15) is 0 Å². The van der Waals surface area contributed by atoms with Crippen LogP contribution >= 0.6 is 11.3 Å². The average Bonchev–Trinajstić information content (AvgIpc) is 3.15. The fourth-order valence-corrected chi connectivity index (χ4v) is 5.17. The molecule has 0 unspecified atom stereocenters. The van der Waals surface area contributed by atoms with Crippen LogP contribution in [0, 0.1) is 6.92 Å². The van der Waals surface area contributed by atoms with Crippen molar-refractivity contribution in [3.05, 3.63) is 52.2 Å². The van der Waals surface area contributed by atoms with Gasteiger partial charge in [-0.2, -0.15) is 4.31 Å². The predicted octanol–water partition coefficient (Wildman–Crippen LogP) is 1.72. The van der Waals surface area contributed by atoms with E-state index in [1.54, 1.807) is 27.8 Å². The van der Waals surface area contributed by atoms with Crippen LogP contribution in [0.5, 0.6) is 0 Å². The van der Waals surface area contributed by atoms with Gasteiger partial charge in [0, 0.05) is 44.1 Å². The first kappa shape index (κ1) is 20.0. The fourth-order valence-electron chi connectivity index (χ4n) is 3.04. The summed E-state index contributed by atoms with van der Waals surface area (Å²) in [6.07, 6.45) is 0.417. The van der Waals surface area contributed by atoms with Gasteiger partial charge in [0.2, 0.25) is 15.9 Å². The van der Waals surface area contributed by atoms with Crippen LogP contribution in [-0.4, -0.2) is 62.8 Å². The molecule has 0 saturated carbocycles. The number of benzene rings is 1. The number of rotatable bonds is 7. The molecule has 1 amide bonds. The van der Waals surface area contributed by atoms with Crippen LogP contribution in [-0.2, 0) is 21.2 Å². The van der Waals surface area contributed by atoms with Crippen LogP contribution in [0.1, 0.15) is 10.4 Å². The molecule has 1 aromatic carbocycles. The lowest BCUT2D eigenvalue weighted by Gasteiger charge is -2.34. The zero-order valence-corrected chi connectivity index (χ0v) is 17.1. The van der Waals surface area contributed by atoms with Gasteiger partial charge in [-0.1, -0.05) is 23.8 Å². The van der Waals surface area contributed by atoms with Gasteiger partial charge < -0.3 is 5.32 Å². The van der Waals surface area contributed by atoms with Gasteiger partial charge in [-0.3, -0.25) is 9.69 Å². The van der Waals surface area contributed by atoms with Crippen LogP contribution in [0.4, 0.5) is 0 Å². The average molecular weight is 408 g/mol. The van der Waals surface area contributed by atoms with Gasteiger partial charge in [-0.05, 0) is 30.5 Å². The molecule has 1 aliphatic heterocycles. The lowest BCUT2D eigenvalue weighted by molar-refractivity contribution is -0.120. The zero-order valence-electron chi connectivity index (χ0n) is 15.4. The minimum atomic E-state index is -3.43. The molecule has 0 aliphatic carbocycles. The Balaban J connectivity index is 1.42. The Bertz CT molecular complexity index is 841. The van der Waals surface area contributed by atoms with Gasteiger partial charge in [-0.15, -0.1) is 11.3 Å². The summed E-state index contributed by atoms with van der Waals surface area (Å²) in [5.74, 6) is 0.0260. The van der Waals surface area contributed by atoms with Crippen molar-refractivity contribution in [2.75, 3.05) is 39.3 Å². The van der Waals surface area contributed by atoms with Gasteiger partial charge >= 0.3 is 0 Å². The summed E-state index contributed by atoms with van der Waals surface area (Å²) in [5, 5.41) is 4.90. The molecule has 2 aromatic rings. The van der Waals surface area contributed by atoms with Crippen molar-refractivity contribution < 1.29 is 13.2 Å². The van der Waals surface area contributed by atoms with E-state index in [2.05, 4.69) is 10.2 Å². The molecule has 1 fully saturated rings. The van der Waals surface area contributed by atoms with Crippen molar-refractivity contribution >= 4 is 27.3 Å². The van der Waals surface area contributed by atoms with Gasteiger partial charge in [0.25, 0.3) is 0 Å². The van der Waals surface area contributed by atoms with E-state index in [9.17, 15) is 13.2 Å². The third-order valence-corrected chi connectivity index (χ3v) is 7.44. The number of aryl methyl sites for hydroxylation is 1. The van der Waals surface area contributed by atoms with Gasteiger partial charge in [0.15, 0.2) is 0 Å². The minimum absolute atomic E-state index is 0.0260. The largest absolute Gasteiger partial charge is 0.355 e. The molecular formula is C19H25N3O3S2. The maximum atomic E-state index is 12.7. The standard InChI is InChI=1S/C19H25N3O3S2/c1-16-4-6-18(7-5-16)27(24,25)22-12-10-21(11-13-22)9-8-20-19(23)15-17-3-2-14-26-17/h2-7,14H,8-13,15H2,1H3,(H,20,23). The van der Waals surface area contributed by atoms with Crippen molar-refractivity contribution in [1.82, 2.24) is 14.5 Å². The topological polar surface area (TPSA) is 69.7 Å². The highest BCUT2D eigenvalue weighted by atomic mass is 32.2. The number of thiophene rings is 1. The SMILES string of the molecule is Cc1ccc(S(=O)(=O)N2CCN(CCNC(=O)Cc3cccs3)CC2)cc1. The molecule has 6 nitrogen and oxygen atoms in total. The number of carbonyl (C=O) groups excluding carboxylic acids is 1. The Hall–Kier alpha value is -1.74. The molecule has 8 heteroatoms. The number of carbonyl (C=O) groups is 1. The van der Waals surface area contributed by atoms with Crippen LogP contribution in [0.2, 0.25) is 0 Å². The maximum absolute atomic E-state index is 12.7. The summed E-state index contributed by atoms with van der Waals surface area (Å²) in [5.41, 5.74) is 1.04. The number of amides is 1. The van der Waals surface area contributed by atoms with E-state index < -0.39 is 10.0 Å². The zero-order chi connectivity index (χ0) is 19.3. The molecule has 1 aromatic heterocycles. The van der Waals surface area contributed by atoms with Crippen molar-refractivity contribution in [3.8, 4) is 0 Å². The molecule has 1 aliphatic rings. The molecular weight excluding hydrogens is 382 g/mol. The molecule has 1 N–H and O–H groups in total. The summed E-state index contributed by atoms with van der Waals surface area (Å²) in [6.45, 7) is 5.54. The molecule has 0 radical (unpaired) electrons. The highest BCUT2D eigenvalue weighted by molar-refractivity contribution is 7.89. The summed E-state index contributed by atoms with van der Waals surface area (Å²) in [7, 11) is -3.43. The van der Waals surface area contributed by atoms with E-state index in [1.807, 2.05) is 36.6 Å². The Kier molecular flexibility index (Phi) is 6.64. The number of piperazine rings is 1. The van der Waals surface area contributed by atoms with E-state index in [1.165, 1.54) is 0 Å². The maximum Gasteiger partial charge on any atom is 0.243 e. The number of sulfonamides is 1. The minimum Gasteiger partial charge on any atom is -0.355 e. The first-order chi connectivity index (χ1) is 12.9. The summed E-state index contributed by atoms with van der Waals surface area (Å²) < 4.78 is 27.0. The number of nitrogens with zero attached hydrogens (tertiary/aromatic N) is 2. The number of hydrogen-bond donors (Lipinski definition) is 1. The van der Waals surface area contributed by atoms with E-state index in [0.29, 0.717) is 44.0 Å². The Morgan fingerprint density at radius 2 is 1.81 bits per heavy atom.